The first-order valence-corrected chi connectivity index (χ1v) is 6.12. The number of hydrogen-bond acceptors (Lipinski definition) is 6. The molecule has 1 aromatic carbocycles. The highest BCUT2D eigenvalue weighted by atomic mass is 16.5. The molecule has 0 spiro atoms. The van der Waals surface area contributed by atoms with Gasteiger partial charge in [0.1, 0.15) is 34.8 Å². The van der Waals surface area contributed by atoms with Crippen molar-refractivity contribution in [3.63, 3.8) is 0 Å². The predicted octanol–water partition coefficient (Wildman–Crippen LogP) is 1.29. The van der Waals surface area contributed by atoms with Crippen LogP contribution in [-0.4, -0.2) is 11.0 Å². The van der Waals surface area contributed by atoms with Crippen LogP contribution in [0, 0.1) is 22.7 Å². The zero-order valence-electron chi connectivity index (χ0n) is 11.5. The third-order valence-corrected chi connectivity index (χ3v) is 2.87. The van der Waals surface area contributed by atoms with E-state index >= 15 is 0 Å². The van der Waals surface area contributed by atoms with Crippen molar-refractivity contribution in [3.8, 4) is 29.0 Å². The summed E-state index contributed by atoms with van der Waals surface area (Å²) in [5.74, 6) is -0.264. The van der Waals surface area contributed by atoms with Crippen LogP contribution in [0.3, 0.4) is 0 Å². The molecule has 0 amide bonds. The van der Waals surface area contributed by atoms with Gasteiger partial charge in [0.05, 0.1) is 0 Å². The van der Waals surface area contributed by atoms with Crippen LogP contribution >= 0.6 is 0 Å². The summed E-state index contributed by atoms with van der Waals surface area (Å²) in [6.45, 7) is 1.27. The Morgan fingerprint density at radius 3 is 2.27 bits per heavy atom. The summed E-state index contributed by atoms with van der Waals surface area (Å²) in [5, 5.41) is 18.4. The number of rotatable bonds is 2. The third-order valence-electron chi connectivity index (χ3n) is 2.87. The smallest absolute Gasteiger partial charge is 0.308 e. The lowest BCUT2D eigenvalue weighted by atomic mass is 9.97. The molecule has 22 heavy (non-hydrogen) atoms. The Morgan fingerprint density at radius 2 is 1.77 bits per heavy atom. The summed E-state index contributed by atoms with van der Waals surface area (Å²) in [7, 11) is 0. The number of hydrogen-bond donors (Lipinski definition) is 2. The molecule has 2 aromatic rings. The number of anilines is 1. The van der Waals surface area contributed by atoms with Crippen molar-refractivity contribution < 1.29 is 9.53 Å². The van der Waals surface area contributed by atoms with Gasteiger partial charge in [-0.05, 0) is 17.7 Å². The number of H-pyrrole nitrogens is 1. The van der Waals surface area contributed by atoms with Crippen molar-refractivity contribution in [2.24, 2.45) is 0 Å². The fraction of sp³-hybridized carbons (Fsp3) is 0.0667. The topological polar surface area (TPSA) is 133 Å². The van der Waals surface area contributed by atoms with Crippen LogP contribution in [0.1, 0.15) is 18.1 Å². The Kier molecular flexibility index (Phi) is 3.92. The molecule has 7 heteroatoms. The molecule has 0 unspecified atom stereocenters. The summed E-state index contributed by atoms with van der Waals surface area (Å²) in [6.07, 6.45) is 0. The highest BCUT2D eigenvalue weighted by Gasteiger charge is 2.18. The largest absolute Gasteiger partial charge is 0.427 e. The number of aromatic amines is 1. The summed E-state index contributed by atoms with van der Waals surface area (Å²) >= 11 is 0. The van der Waals surface area contributed by atoms with Gasteiger partial charge in [0.2, 0.25) is 0 Å². The van der Waals surface area contributed by atoms with Gasteiger partial charge in [-0.25, -0.2) is 0 Å². The van der Waals surface area contributed by atoms with Crippen molar-refractivity contribution in [1.29, 1.82) is 10.5 Å². The highest BCUT2D eigenvalue weighted by Crippen LogP contribution is 2.29. The minimum Gasteiger partial charge on any atom is -0.427 e. The lowest BCUT2D eigenvalue weighted by molar-refractivity contribution is -0.131. The fourth-order valence-corrected chi connectivity index (χ4v) is 1.99. The molecule has 0 aliphatic rings. The monoisotopic (exact) mass is 294 g/mol. The number of nitrogen functional groups attached to an aromatic ring is 1. The zero-order valence-corrected chi connectivity index (χ0v) is 11.5. The van der Waals surface area contributed by atoms with E-state index in [2.05, 4.69) is 4.98 Å². The summed E-state index contributed by atoms with van der Waals surface area (Å²) in [5.41, 5.74) is 5.37. The van der Waals surface area contributed by atoms with E-state index in [0.717, 1.165) is 0 Å². The second kappa shape index (κ2) is 5.81. The molecule has 0 atom stereocenters. The number of ether oxygens (including phenoxy) is 1. The van der Waals surface area contributed by atoms with Crippen molar-refractivity contribution in [2.45, 2.75) is 6.92 Å². The lowest BCUT2D eigenvalue weighted by Crippen LogP contribution is -2.16. The van der Waals surface area contributed by atoms with Gasteiger partial charge in [-0.1, -0.05) is 12.1 Å². The molecule has 0 aliphatic heterocycles. The Morgan fingerprint density at radius 1 is 1.18 bits per heavy atom. The van der Waals surface area contributed by atoms with E-state index in [4.69, 9.17) is 15.7 Å². The van der Waals surface area contributed by atoms with Crippen molar-refractivity contribution >= 4 is 11.8 Å². The van der Waals surface area contributed by atoms with Gasteiger partial charge in [0.15, 0.2) is 0 Å². The molecule has 1 aromatic heterocycles. The standard InChI is InChI=1S/C15H10N4O3/c1-8(20)22-10-4-2-9(3-5-10)13-11(6-16)14(18)19-15(21)12(13)7-17/h2-5H,1H3,(H3,18,19,21). The van der Waals surface area contributed by atoms with Crippen molar-refractivity contribution in [1.82, 2.24) is 4.98 Å². The van der Waals surface area contributed by atoms with Crippen LogP contribution in [0.5, 0.6) is 5.75 Å². The van der Waals surface area contributed by atoms with Gasteiger partial charge >= 0.3 is 5.97 Å². The van der Waals surface area contributed by atoms with Crippen molar-refractivity contribution in [3.05, 3.63) is 45.7 Å². The van der Waals surface area contributed by atoms with Gasteiger partial charge in [0, 0.05) is 12.5 Å². The highest BCUT2D eigenvalue weighted by molar-refractivity contribution is 5.80. The summed E-state index contributed by atoms with van der Waals surface area (Å²) in [6, 6.07) is 9.72. The van der Waals surface area contributed by atoms with E-state index < -0.39 is 11.5 Å². The third kappa shape index (κ3) is 2.65. The predicted molar refractivity (Wildman–Crippen MR) is 77.7 cm³/mol. The van der Waals surface area contributed by atoms with Gasteiger partial charge in [-0.15, -0.1) is 0 Å². The molecule has 1 heterocycles. The van der Waals surface area contributed by atoms with E-state index in [1.807, 2.05) is 6.07 Å². The van der Waals surface area contributed by atoms with Crippen LogP contribution in [0.4, 0.5) is 5.82 Å². The molecule has 108 valence electrons. The van der Waals surface area contributed by atoms with E-state index in [9.17, 15) is 14.9 Å². The Bertz CT molecular complexity index is 883. The van der Waals surface area contributed by atoms with E-state index in [0.29, 0.717) is 11.3 Å². The molecule has 0 radical (unpaired) electrons. The summed E-state index contributed by atoms with van der Waals surface area (Å²) in [4.78, 5) is 25.0. The van der Waals surface area contributed by atoms with Gasteiger partial charge in [-0.2, -0.15) is 10.5 Å². The molecular formula is C15H10N4O3. The maximum Gasteiger partial charge on any atom is 0.308 e. The summed E-state index contributed by atoms with van der Waals surface area (Å²) < 4.78 is 4.90. The lowest BCUT2D eigenvalue weighted by Gasteiger charge is -2.09. The molecule has 7 nitrogen and oxygen atoms in total. The number of carbonyl (C=O) groups excluding carboxylic acids is 1. The van der Waals surface area contributed by atoms with Gasteiger partial charge in [0.25, 0.3) is 5.56 Å². The molecule has 0 saturated heterocycles. The molecule has 0 fully saturated rings. The first-order valence-electron chi connectivity index (χ1n) is 6.12. The number of benzene rings is 1. The molecular weight excluding hydrogens is 284 g/mol. The van der Waals surface area contributed by atoms with Crippen molar-refractivity contribution in [2.75, 3.05) is 5.73 Å². The Labute approximate surface area is 125 Å². The molecule has 2 rings (SSSR count). The SMILES string of the molecule is CC(=O)Oc1ccc(-c2c(C#N)c(N)[nH]c(=O)c2C#N)cc1. The van der Waals surface area contributed by atoms with Crippen LogP contribution in [0.2, 0.25) is 0 Å². The first-order chi connectivity index (χ1) is 10.5. The first kappa shape index (κ1) is 14.8. The average Bonchev–Trinajstić information content (AvgIpc) is 2.47. The minimum absolute atomic E-state index is 0.0105. The average molecular weight is 294 g/mol. The number of nitrogens with two attached hydrogens (primary N) is 1. The Hall–Kier alpha value is -3.58. The van der Waals surface area contributed by atoms with Crippen LogP contribution < -0.4 is 16.0 Å². The number of aromatic nitrogens is 1. The number of nitriles is 2. The van der Waals surface area contributed by atoms with Crippen LogP contribution in [0.25, 0.3) is 11.1 Å². The van der Waals surface area contributed by atoms with Gasteiger partial charge in [-0.3, -0.25) is 9.59 Å². The number of esters is 1. The number of pyridine rings is 1. The minimum atomic E-state index is -0.668. The second-order valence-corrected chi connectivity index (χ2v) is 4.33. The zero-order chi connectivity index (χ0) is 16.3. The van der Waals surface area contributed by atoms with Gasteiger partial charge < -0.3 is 15.5 Å². The van der Waals surface area contributed by atoms with E-state index in [1.165, 1.54) is 31.2 Å². The molecule has 3 N–H and O–H groups in total. The Balaban J connectivity index is 2.67. The maximum absolute atomic E-state index is 11.8. The van der Waals surface area contributed by atoms with Crippen LogP contribution in [-0.2, 0) is 4.79 Å². The number of nitrogens with one attached hydrogen (secondary N) is 1. The molecule has 0 saturated carbocycles. The maximum atomic E-state index is 11.8. The molecule has 0 bridgehead atoms. The van der Waals surface area contributed by atoms with E-state index in [-0.39, 0.29) is 22.5 Å². The second-order valence-electron chi connectivity index (χ2n) is 4.33. The number of nitrogens with zero attached hydrogens (tertiary/aromatic N) is 2. The normalized spacial score (nSPS) is 9.59. The molecule has 0 aliphatic carbocycles. The number of carbonyl (C=O) groups is 1. The quantitative estimate of drug-likeness (QED) is 0.633. The fourth-order valence-electron chi connectivity index (χ4n) is 1.99. The van der Waals surface area contributed by atoms with Crippen LogP contribution in [0.15, 0.2) is 29.1 Å². The van der Waals surface area contributed by atoms with E-state index in [1.54, 1.807) is 6.07 Å².